The quantitative estimate of drug-likeness (QED) is 0.485. The van der Waals surface area contributed by atoms with Crippen LogP contribution in [0.2, 0.25) is 0 Å². The minimum atomic E-state index is -0.136. The summed E-state index contributed by atoms with van der Waals surface area (Å²) in [6.07, 6.45) is 7.76. The van der Waals surface area contributed by atoms with E-state index in [1.807, 2.05) is 54.6 Å². The molecule has 1 aliphatic rings. The number of nitrogens with zero attached hydrogens (tertiary/aromatic N) is 2. The molecular weight excluding hydrogens is 400 g/mol. The molecule has 1 fully saturated rings. The lowest BCUT2D eigenvalue weighted by atomic mass is 10.0. The Morgan fingerprint density at radius 3 is 2.69 bits per heavy atom. The van der Waals surface area contributed by atoms with Crippen LogP contribution in [0.1, 0.15) is 33.8 Å². The number of nitrogens with one attached hydrogen (secondary N) is 2. The summed E-state index contributed by atoms with van der Waals surface area (Å²) in [5.74, 6) is -0.0829. The third-order valence-electron chi connectivity index (χ3n) is 5.79. The van der Waals surface area contributed by atoms with Crippen molar-refractivity contribution in [2.75, 3.05) is 5.32 Å². The molecule has 1 aliphatic carbocycles. The predicted molar refractivity (Wildman–Crippen MR) is 123 cm³/mol. The van der Waals surface area contributed by atoms with Crippen LogP contribution in [0.5, 0.6) is 0 Å². The van der Waals surface area contributed by atoms with E-state index in [-0.39, 0.29) is 23.7 Å². The van der Waals surface area contributed by atoms with Crippen molar-refractivity contribution in [1.82, 2.24) is 15.3 Å². The number of rotatable bonds is 6. The van der Waals surface area contributed by atoms with Crippen LogP contribution in [0.15, 0.2) is 85.5 Å². The van der Waals surface area contributed by atoms with E-state index in [0.29, 0.717) is 12.1 Å². The molecular formula is C26H22N4O2. The van der Waals surface area contributed by atoms with Gasteiger partial charge in [0, 0.05) is 53.9 Å². The van der Waals surface area contributed by atoms with Crippen molar-refractivity contribution in [3.05, 3.63) is 102 Å². The van der Waals surface area contributed by atoms with Gasteiger partial charge >= 0.3 is 0 Å². The molecule has 6 heteroatoms. The Bertz CT molecular complexity index is 1290. The van der Waals surface area contributed by atoms with Crippen molar-refractivity contribution in [1.29, 1.82) is 0 Å². The van der Waals surface area contributed by atoms with Gasteiger partial charge in [0.1, 0.15) is 0 Å². The van der Waals surface area contributed by atoms with Crippen molar-refractivity contribution in [2.24, 2.45) is 5.92 Å². The Labute approximate surface area is 185 Å². The maximum Gasteiger partial charge on any atom is 0.251 e. The topological polar surface area (TPSA) is 84.0 Å². The molecule has 5 rings (SSSR count). The highest BCUT2D eigenvalue weighted by Crippen LogP contribution is 2.48. The molecule has 2 atom stereocenters. The van der Waals surface area contributed by atoms with Crippen molar-refractivity contribution < 1.29 is 9.59 Å². The fraction of sp³-hybridized carbons (Fsp3) is 0.154. The molecule has 2 heterocycles. The van der Waals surface area contributed by atoms with Gasteiger partial charge in [-0.1, -0.05) is 24.3 Å². The van der Waals surface area contributed by atoms with E-state index in [2.05, 4.69) is 20.6 Å². The first-order valence-corrected chi connectivity index (χ1v) is 10.6. The molecule has 1 saturated carbocycles. The lowest BCUT2D eigenvalue weighted by molar-refractivity contribution is -0.117. The maximum atomic E-state index is 12.8. The minimum absolute atomic E-state index is 0.00911. The number of hydrogen-bond acceptors (Lipinski definition) is 4. The normalized spacial score (nSPS) is 17.0. The Hall–Kier alpha value is -4.06. The van der Waals surface area contributed by atoms with Crippen LogP contribution < -0.4 is 10.6 Å². The van der Waals surface area contributed by atoms with Crippen molar-refractivity contribution in [3.63, 3.8) is 0 Å². The summed E-state index contributed by atoms with van der Waals surface area (Å²) in [4.78, 5) is 33.5. The van der Waals surface area contributed by atoms with Gasteiger partial charge in [0.05, 0.1) is 0 Å². The first-order valence-electron chi connectivity index (χ1n) is 10.6. The molecule has 2 aromatic carbocycles. The molecule has 0 radical (unpaired) electrons. The molecule has 2 amide bonds. The minimum Gasteiger partial charge on any atom is -0.348 e. The highest BCUT2D eigenvalue weighted by molar-refractivity contribution is 5.98. The SMILES string of the molecule is O=C(NCc1cccnc1)c1cccc(C2CC2C(=O)Nc2ccc3cnccc3c2)c1. The second-order valence-corrected chi connectivity index (χ2v) is 8.04. The summed E-state index contributed by atoms with van der Waals surface area (Å²) in [7, 11) is 0. The van der Waals surface area contributed by atoms with Gasteiger partial charge in [-0.2, -0.15) is 0 Å². The zero-order valence-corrected chi connectivity index (χ0v) is 17.4. The smallest absolute Gasteiger partial charge is 0.251 e. The summed E-state index contributed by atoms with van der Waals surface area (Å²) >= 11 is 0. The summed E-state index contributed by atoms with van der Waals surface area (Å²) in [6.45, 7) is 0.424. The Morgan fingerprint density at radius 2 is 1.81 bits per heavy atom. The molecule has 0 bridgehead atoms. The first kappa shape index (κ1) is 19.9. The van der Waals surface area contributed by atoms with E-state index in [1.165, 1.54) is 0 Å². The summed E-state index contributed by atoms with van der Waals surface area (Å²) in [5.41, 5.74) is 3.34. The molecule has 2 unspecified atom stereocenters. The largest absolute Gasteiger partial charge is 0.348 e. The number of carbonyl (C=O) groups is 2. The van der Waals surface area contributed by atoms with E-state index in [9.17, 15) is 9.59 Å². The number of carbonyl (C=O) groups excluding carboxylic acids is 2. The highest BCUT2D eigenvalue weighted by atomic mass is 16.2. The molecule has 2 aromatic heterocycles. The molecule has 6 nitrogen and oxygen atoms in total. The average molecular weight is 422 g/mol. The number of amides is 2. The van der Waals surface area contributed by atoms with Gasteiger partial charge in [0.25, 0.3) is 5.91 Å². The second kappa shape index (κ2) is 8.59. The number of pyridine rings is 2. The fourth-order valence-electron chi connectivity index (χ4n) is 3.95. The van der Waals surface area contributed by atoms with Gasteiger partial charge in [-0.15, -0.1) is 0 Å². The predicted octanol–water partition coefficient (Wildman–Crippen LogP) is 4.30. The van der Waals surface area contributed by atoms with Gasteiger partial charge in [0.15, 0.2) is 0 Å². The van der Waals surface area contributed by atoms with E-state index in [0.717, 1.165) is 34.0 Å². The summed E-state index contributed by atoms with van der Waals surface area (Å²) < 4.78 is 0. The Kier molecular flexibility index (Phi) is 5.34. The van der Waals surface area contributed by atoms with E-state index in [4.69, 9.17) is 0 Å². The number of fused-ring (bicyclic) bond motifs is 1. The lowest BCUT2D eigenvalue weighted by Gasteiger charge is -2.08. The monoisotopic (exact) mass is 422 g/mol. The van der Waals surface area contributed by atoms with Crippen LogP contribution in [-0.2, 0) is 11.3 Å². The molecule has 2 N–H and O–H groups in total. The molecule has 158 valence electrons. The third kappa shape index (κ3) is 4.34. The highest BCUT2D eigenvalue weighted by Gasteiger charge is 2.44. The van der Waals surface area contributed by atoms with Crippen LogP contribution in [0, 0.1) is 5.92 Å². The zero-order chi connectivity index (χ0) is 21.9. The zero-order valence-electron chi connectivity index (χ0n) is 17.4. The van der Waals surface area contributed by atoms with E-state index >= 15 is 0 Å². The van der Waals surface area contributed by atoms with E-state index < -0.39 is 0 Å². The maximum absolute atomic E-state index is 12.8. The standard InChI is InChI=1S/C26H22N4O2/c31-25(29-15-17-3-2-9-27-14-17)20-5-1-4-19(11-20)23-13-24(23)26(32)30-22-7-6-21-16-28-10-8-18(21)12-22/h1-12,14,16,23-24H,13,15H2,(H,29,31)(H,30,32). The summed E-state index contributed by atoms with van der Waals surface area (Å²) in [6, 6.07) is 19.0. The van der Waals surface area contributed by atoms with E-state index in [1.54, 1.807) is 30.9 Å². The third-order valence-corrected chi connectivity index (χ3v) is 5.79. The Morgan fingerprint density at radius 1 is 0.906 bits per heavy atom. The second-order valence-electron chi connectivity index (χ2n) is 8.04. The Balaban J connectivity index is 1.21. The van der Waals surface area contributed by atoms with Crippen LogP contribution in [0.3, 0.4) is 0 Å². The van der Waals surface area contributed by atoms with Crippen molar-refractivity contribution in [3.8, 4) is 0 Å². The number of hydrogen-bond donors (Lipinski definition) is 2. The molecule has 0 aliphatic heterocycles. The van der Waals surface area contributed by atoms with Crippen LogP contribution in [0.4, 0.5) is 5.69 Å². The van der Waals surface area contributed by atoms with Gasteiger partial charge in [-0.3, -0.25) is 19.6 Å². The van der Waals surface area contributed by atoms with Crippen LogP contribution >= 0.6 is 0 Å². The van der Waals surface area contributed by atoms with Crippen molar-refractivity contribution in [2.45, 2.75) is 18.9 Å². The fourth-order valence-corrected chi connectivity index (χ4v) is 3.95. The van der Waals surface area contributed by atoms with Gasteiger partial charge < -0.3 is 10.6 Å². The number of benzene rings is 2. The molecule has 4 aromatic rings. The van der Waals surface area contributed by atoms with Crippen LogP contribution in [-0.4, -0.2) is 21.8 Å². The van der Waals surface area contributed by atoms with Gasteiger partial charge in [-0.05, 0) is 65.3 Å². The molecule has 0 saturated heterocycles. The molecule has 32 heavy (non-hydrogen) atoms. The first-order chi connectivity index (χ1) is 15.7. The lowest BCUT2D eigenvalue weighted by Crippen LogP contribution is -2.23. The van der Waals surface area contributed by atoms with Crippen molar-refractivity contribution >= 4 is 28.3 Å². The summed E-state index contributed by atoms with van der Waals surface area (Å²) in [5, 5.41) is 8.02. The number of aromatic nitrogens is 2. The average Bonchev–Trinajstić information content (AvgIpc) is 3.65. The van der Waals surface area contributed by atoms with Gasteiger partial charge in [-0.25, -0.2) is 0 Å². The van der Waals surface area contributed by atoms with Crippen LogP contribution in [0.25, 0.3) is 10.8 Å². The molecule has 0 spiro atoms. The number of anilines is 1. The van der Waals surface area contributed by atoms with Gasteiger partial charge in [0.2, 0.25) is 5.91 Å².